The largest absolute Gasteiger partial charge is 0.488 e. The van der Waals surface area contributed by atoms with Crippen molar-refractivity contribution in [2.45, 2.75) is 13.1 Å². The van der Waals surface area contributed by atoms with Crippen LogP contribution in [0.3, 0.4) is 0 Å². The van der Waals surface area contributed by atoms with Crippen molar-refractivity contribution in [2.75, 3.05) is 5.32 Å². The van der Waals surface area contributed by atoms with Gasteiger partial charge in [0.25, 0.3) is 0 Å². The summed E-state index contributed by atoms with van der Waals surface area (Å²) in [5.41, 5.74) is 2.28. The van der Waals surface area contributed by atoms with Crippen molar-refractivity contribution < 1.29 is 19.3 Å². The molecule has 4 N–H and O–H groups in total. The minimum absolute atomic E-state index is 0.148. The minimum Gasteiger partial charge on any atom is -0.423 e. The topological polar surface area (TPSA) is 143 Å². The first kappa shape index (κ1) is 22.0. The van der Waals surface area contributed by atoms with Gasteiger partial charge in [0.15, 0.2) is 5.69 Å². The van der Waals surface area contributed by atoms with Crippen molar-refractivity contribution in [3.05, 3.63) is 89.1 Å². The molecule has 0 unspecified atom stereocenters. The third-order valence-electron chi connectivity index (χ3n) is 4.95. The molecule has 4 aromatic rings. The molecule has 0 fully saturated rings. The Morgan fingerprint density at radius 1 is 1.18 bits per heavy atom. The molecule has 0 saturated carbocycles. The Labute approximate surface area is 188 Å². The van der Waals surface area contributed by atoms with Crippen molar-refractivity contribution in [2.24, 2.45) is 0 Å². The Balaban J connectivity index is 1.53. The highest BCUT2D eigenvalue weighted by molar-refractivity contribution is 6.59. The molecule has 4 rings (SSSR count). The van der Waals surface area contributed by atoms with Gasteiger partial charge in [-0.1, -0.05) is 36.1 Å². The maximum absolute atomic E-state index is 12.6. The van der Waals surface area contributed by atoms with E-state index in [1.165, 1.54) is 10.9 Å². The Hall–Kier alpha value is -4.22. The fraction of sp³-hybridized carbons (Fsp3) is 0.0909. The second-order valence-corrected chi connectivity index (χ2v) is 7.17. The molecule has 0 spiro atoms. The van der Waals surface area contributed by atoms with E-state index in [1.54, 1.807) is 36.4 Å². The molecule has 0 atom stereocenters. The van der Waals surface area contributed by atoms with Gasteiger partial charge in [-0.2, -0.15) is 0 Å². The first-order chi connectivity index (χ1) is 15.9. The van der Waals surface area contributed by atoms with Gasteiger partial charge in [-0.3, -0.25) is 4.79 Å². The van der Waals surface area contributed by atoms with Crippen LogP contribution in [-0.2, 0) is 17.9 Å². The quantitative estimate of drug-likeness (QED) is 0.174. The van der Waals surface area contributed by atoms with Gasteiger partial charge in [0, 0.05) is 23.7 Å². The number of hydrogen-bond acceptors (Lipinski definition) is 8. The Kier molecular flexibility index (Phi) is 6.34. The van der Waals surface area contributed by atoms with Gasteiger partial charge in [-0.05, 0) is 35.3 Å². The molecule has 0 saturated heterocycles. The molecule has 1 amide bonds. The SMILES string of the molecule is C=CC(=O)NCc1cn(-c2cc3ccc(NCc4ccccc4B(O)O)cc3oc2=O)nn1. The number of nitrogens with one attached hydrogen (secondary N) is 2. The number of nitrogens with zero attached hydrogens (tertiary/aromatic N) is 3. The van der Waals surface area contributed by atoms with Crippen LogP contribution in [0.25, 0.3) is 16.7 Å². The molecule has 0 aliphatic rings. The zero-order chi connectivity index (χ0) is 23.4. The first-order valence-electron chi connectivity index (χ1n) is 10.0. The van der Waals surface area contributed by atoms with E-state index >= 15 is 0 Å². The number of carbonyl (C=O) groups excluding carboxylic acids is 1. The van der Waals surface area contributed by atoms with Gasteiger partial charge in [0.2, 0.25) is 5.91 Å². The Morgan fingerprint density at radius 2 is 2.00 bits per heavy atom. The van der Waals surface area contributed by atoms with E-state index in [0.717, 1.165) is 11.6 Å². The van der Waals surface area contributed by atoms with Crippen LogP contribution in [0.4, 0.5) is 5.69 Å². The van der Waals surface area contributed by atoms with E-state index in [0.29, 0.717) is 34.4 Å². The van der Waals surface area contributed by atoms with E-state index in [9.17, 15) is 19.6 Å². The number of rotatable bonds is 8. The average molecular weight is 445 g/mol. The van der Waals surface area contributed by atoms with Crippen LogP contribution < -0.4 is 21.7 Å². The minimum atomic E-state index is -1.56. The predicted molar refractivity (Wildman–Crippen MR) is 123 cm³/mol. The lowest BCUT2D eigenvalue weighted by molar-refractivity contribution is -0.116. The number of benzene rings is 2. The maximum Gasteiger partial charge on any atom is 0.488 e. The van der Waals surface area contributed by atoms with Crippen LogP contribution in [0.2, 0.25) is 0 Å². The Morgan fingerprint density at radius 3 is 2.79 bits per heavy atom. The summed E-state index contributed by atoms with van der Waals surface area (Å²) in [6.07, 6.45) is 2.69. The number of anilines is 1. The lowest BCUT2D eigenvalue weighted by atomic mass is 9.77. The highest BCUT2D eigenvalue weighted by Gasteiger charge is 2.15. The van der Waals surface area contributed by atoms with Crippen molar-refractivity contribution >= 4 is 35.1 Å². The van der Waals surface area contributed by atoms with Crippen LogP contribution in [0.15, 0.2) is 76.6 Å². The van der Waals surface area contributed by atoms with E-state index in [1.807, 2.05) is 12.1 Å². The lowest BCUT2D eigenvalue weighted by Crippen LogP contribution is -2.33. The molecule has 166 valence electrons. The number of amides is 1. The normalized spacial score (nSPS) is 10.7. The first-order valence-corrected chi connectivity index (χ1v) is 10.0. The number of fused-ring (bicyclic) bond motifs is 1. The second-order valence-electron chi connectivity index (χ2n) is 7.17. The summed E-state index contributed by atoms with van der Waals surface area (Å²) in [5.74, 6) is -0.338. The lowest BCUT2D eigenvalue weighted by Gasteiger charge is -2.11. The molecule has 2 aromatic heterocycles. The zero-order valence-corrected chi connectivity index (χ0v) is 17.4. The van der Waals surface area contributed by atoms with Gasteiger partial charge in [-0.25, -0.2) is 9.48 Å². The predicted octanol–water partition coefficient (Wildman–Crippen LogP) is 0.468. The third-order valence-corrected chi connectivity index (χ3v) is 4.95. The van der Waals surface area contributed by atoms with Crippen molar-refractivity contribution in [1.82, 2.24) is 20.3 Å². The summed E-state index contributed by atoms with van der Waals surface area (Å²) in [6, 6.07) is 13.9. The van der Waals surface area contributed by atoms with E-state index in [4.69, 9.17) is 4.42 Å². The highest BCUT2D eigenvalue weighted by Crippen LogP contribution is 2.20. The van der Waals surface area contributed by atoms with E-state index in [2.05, 4.69) is 27.5 Å². The molecule has 10 nitrogen and oxygen atoms in total. The fourth-order valence-corrected chi connectivity index (χ4v) is 3.26. The van der Waals surface area contributed by atoms with Gasteiger partial charge in [-0.15, -0.1) is 5.10 Å². The van der Waals surface area contributed by atoms with Gasteiger partial charge >= 0.3 is 12.7 Å². The second kappa shape index (κ2) is 9.51. The fourth-order valence-electron chi connectivity index (χ4n) is 3.26. The van der Waals surface area contributed by atoms with Gasteiger partial charge < -0.3 is 25.1 Å². The number of aromatic nitrogens is 3. The molecule has 2 heterocycles. The maximum atomic E-state index is 12.6. The molecule has 11 heteroatoms. The van der Waals surface area contributed by atoms with E-state index < -0.39 is 12.7 Å². The summed E-state index contributed by atoms with van der Waals surface area (Å²) in [5, 5.41) is 33.4. The van der Waals surface area contributed by atoms with Gasteiger partial charge in [0.05, 0.1) is 12.7 Å². The average Bonchev–Trinajstić information content (AvgIpc) is 3.29. The van der Waals surface area contributed by atoms with Crippen LogP contribution in [0, 0.1) is 0 Å². The number of carbonyl (C=O) groups is 1. The van der Waals surface area contributed by atoms with Crippen molar-refractivity contribution in [1.29, 1.82) is 0 Å². The van der Waals surface area contributed by atoms with Gasteiger partial charge in [0.1, 0.15) is 11.3 Å². The molecule has 0 radical (unpaired) electrons. The zero-order valence-electron chi connectivity index (χ0n) is 17.4. The molecule has 0 bridgehead atoms. The molecular formula is C22H20BN5O5. The number of hydrogen-bond donors (Lipinski definition) is 4. The summed E-state index contributed by atoms with van der Waals surface area (Å²) >= 11 is 0. The smallest absolute Gasteiger partial charge is 0.423 e. The Bertz CT molecular complexity index is 1380. The third kappa shape index (κ3) is 5.00. The van der Waals surface area contributed by atoms with Crippen LogP contribution in [0.5, 0.6) is 0 Å². The summed E-state index contributed by atoms with van der Waals surface area (Å²) in [6.45, 7) is 3.88. The highest BCUT2D eigenvalue weighted by atomic mass is 16.4. The summed E-state index contributed by atoms with van der Waals surface area (Å²) < 4.78 is 6.78. The summed E-state index contributed by atoms with van der Waals surface area (Å²) in [4.78, 5) is 23.8. The molecule has 2 aromatic carbocycles. The standard InChI is InChI=1S/C22H20BN5O5/c1-2-21(29)25-12-17-13-28(27-26-17)19-9-14-7-8-16(10-20(14)33-22(19)30)24-11-15-5-3-4-6-18(15)23(31)32/h2-10,13,24,31-32H,1,11-12H2,(H,25,29). The van der Waals surface area contributed by atoms with Crippen LogP contribution >= 0.6 is 0 Å². The summed E-state index contributed by atoms with van der Waals surface area (Å²) in [7, 11) is -1.56. The van der Waals surface area contributed by atoms with Crippen LogP contribution in [0.1, 0.15) is 11.3 Å². The van der Waals surface area contributed by atoms with Crippen molar-refractivity contribution in [3.8, 4) is 5.69 Å². The molecule has 0 aliphatic heterocycles. The molecule has 33 heavy (non-hydrogen) atoms. The van der Waals surface area contributed by atoms with E-state index in [-0.39, 0.29) is 18.1 Å². The van der Waals surface area contributed by atoms with Crippen LogP contribution in [-0.4, -0.2) is 38.1 Å². The molecule has 0 aliphatic carbocycles. The molecular weight excluding hydrogens is 425 g/mol. The van der Waals surface area contributed by atoms with Crippen molar-refractivity contribution in [3.63, 3.8) is 0 Å². The monoisotopic (exact) mass is 445 g/mol.